The summed E-state index contributed by atoms with van der Waals surface area (Å²) in [6.07, 6.45) is 9.29. The van der Waals surface area contributed by atoms with Crippen LogP contribution in [0.2, 0.25) is 0 Å². The molecule has 0 saturated carbocycles. The number of unbranched alkanes of at least 4 members (excludes halogenated alkanes) is 2. The quantitative estimate of drug-likeness (QED) is 0.406. The average Bonchev–Trinajstić information content (AvgIpc) is 2.87. The maximum absolute atomic E-state index is 13.1. The first-order valence-corrected chi connectivity index (χ1v) is 10.1. The van der Waals surface area contributed by atoms with Crippen molar-refractivity contribution in [1.82, 2.24) is 0 Å². The summed E-state index contributed by atoms with van der Waals surface area (Å²) in [5.74, 6) is 0. The van der Waals surface area contributed by atoms with Crippen molar-refractivity contribution in [2.45, 2.75) is 77.4 Å². The van der Waals surface area contributed by atoms with E-state index in [1.54, 1.807) is 13.1 Å². The summed E-state index contributed by atoms with van der Waals surface area (Å²) in [5.41, 5.74) is -0.0354. The molecule has 0 amide bonds. The number of hydroxylamine groups is 1. The highest BCUT2D eigenvalue weighted by Crippen LogP contribution is 2.69. The van der Waals surface area contributed by atoms with Crippen molar-refractivity contribution < 1.29 is 18.7 Å². The van der Waals surface area contributed by atoms with E-state index in [-0.39, 0.29) is 5.41 Å². The second-order valence-electron chi connectivity index (χ2n) is 7.02. The van der Waals surface area contributed by atoms with Gasteiger partial charge in [0.25, 0.3) is 0 Å². The average molecular weight is 331 g/mol. The minimum atomic E-state index is -3.39. The molecule has 1 unspecified atom stereocenters. The molecule has 0 aromatic rings. The molecule has 0 aromatic carbocycles. The molecule has 0 aliphatic carbocycles. The van der Waals surface area contributed by atoms with Gasteiger partial charge in [0.05, 0.1) is 6.42 Å². The normalized spacial score (nSPS) is 30.3. The molecule has 2 aliphatic rings. The zero-order chi connectivity index (χ0) is 16.3. The van der Waals surface area contributed by atoms with Crippen molar-refractivity contribution in [2.24, 2.45) is 5.41 Å². The third-order valence-corrected chi connectivity index (χ3v) is 7.72. The molecule has 1 atom stereocenters. The number of hydrogen-bond donors (Lipinski definition) is 0. The predicted molar refractivity (Wildman–Crippen MR) is 87.6 cm³/mol. The standard InChI is InChI=1S/C16H30NO4P/c1-4-6-10-16(11-7-5-2)13-20-22(19,21-14-16)15(3)9-8-12-17(15)18/h12H,4-11,13-14H2,1-3H3. The van der Waals surface area contributed by atoms with Crippen LogP contribution in [0.3, 0.4) is 0 Å². The van der Waals surface area contributed by atoms with Crippen molar-refractivity contribution in [2.75, 3.05) is 13.2 Å². The molecular weight excluding hydrogens is 301 g/mol. The minimum absolute atomic E-state index is 0.0354. The lowest BCUT2D eigenvalue weighted by Gasteiger charge is -2.45. The van der Waals surface area contributed by atoms with E-state index in [0.29, 0.717) is 26.1 Å². The second-order valence-corrected chi connectivity index (χ2v) is 9.49. The van der Waals surface area contributed by atoms with Gasteiger partial charge in [0.15, 0.2) is 6.21 Å². The van der Waals surface area contributed by atoms with Crippen LogP contribution < -0.4 is 4.89 Å². The van der Waals surface area contributed by atoms with E-state index in [1.807, 2.05) is 0 Å². The Balaban J connectivity index is 2.07. The fourth-order valence-corrected chi connectivity index (χ4v) is 5.58. The molecule has 0 aromatic heterocycles. The molecule has 1 fully saturated rings. The smallest absolute Gasteiger partial charge is 0.316 e. The molecular formula is C16H30NO4P. The lowest BCUT2D eigenvalue weighted by atomic mass is 9.80. The van der Waals surface area contributed by atoms with Crippen LogP contribution in [0.4, 0.5) is 0 Å². The molecule has 0 radical (unpaired) electrons. The van der Waals surface area contributed by atoms with Crippen molar-refractivity contribution in [1.29, 1.82) is 0 Å². The molecule has 2 rings (SSSR count). The van der Waals surface area contributed by atoms with Crippen LogP contribution in [0.25, 0.3) is 0 Å². The molecule has 0 bridgehead atoms. The van der Waals surface area contributed by atoms with E-state index in [1.165, 1.54) is 0 Å². The summed E-state index contributed by atoms with van der Waals surface area (Å²) in [4.78, 5) is 13.1. The van der Waals surface area contributed by atoms with Gasteiger partial charge in [0, 0.05) is 18.8 Å². The Hall–Kier alpha value is -0.220. The van der Waals surface area contributed by atoms with Crippen molar-refractivity contribution in [3.05, 3.63) is 5.21 Å². The number of hydrogen-bond acceptors (Lipinski definition) is 4. The maximum atomic E-state index is 13.1. The van der Waals surface area contributed by atoms with E-state index in [4.69, 9.17) is 9.05 Å². The number of rotatable bonds is 7. The maximum Gasteiger partial charge on any atom is 0.316 e. The van der Waals surface area contributed by atoms with Gasteiger partial charge in [-0.2, -0.15) is 4.74 Å². The van der Waals surface area contributed by atoms with Crippen LogP contribution in [-0.2, 0) is 9.05 Å². The zero-order valence-corrected chi connectivity index (χ0v) is 15.1. The molecule has 22 heavy (non-hydrogen) atoms. The van der Waals surface area contributed by atoms with Crippen LogP contribution >= 0.6 is 7.94 Å². The topological polar surface area (TPSA) is 67.6 Å². The molecule has 1 saturated heterocycles. The van der Waals surface area contributed by atoms with Gasteiger partial charge in [0.2, 0.25) is 0 Å². The molecule has 0 spiro atoms. The summed E-state index contributed by atoms with van der Waals surface area (Å²) in [7, 11) is -3.39. The summed E-state index contributed by atoms with van der Waals surface area (Å²) < 4.78 is 12.4. The molecule has 0 N–H and O–H groups in total. The summed E-state index contributed by atoms with van der Waals surface area (Å²) >= 11 is 0. The van der Waals surface area contributed by atoms with Crippen LogP contribution in [0.15, 0.2) is 0 Å². The van der Waals surface area contributed by atoms with Crippen LogP contribution in [0, 0.1) is 10.6 Å². The highest BCUT2D eigenvalue weighted by molar-refractivity contribution is 7.60. The Kier molecular flexibility index (Phi) is 5.87. The highest BCUT2D eigenvalue weighted by atomic mass is 31.2. The Morgan fingerprint density at radius 1 is 1.14 bits per heavy atom. The van der Waals surface area contributed by atoms with Gasteiger partial charge in [-0.15, -0.1) is 0 Å². The third-order valence-electron chi connectivity index (χ3n) is 5.18. The van der Waals surface area contributed by atoms with E-state index in [2.05, 4.69) is 13.8 Å². The molecule has 2 heterocycles. The lowest BCUT2D eigenvalue weighted by Crippen LogP contribution is -2.49. The van der Waals surface area contributed by atoms with Gasteiger partial charge in [0.1, 0.15) is 13.2 Å². The lowest BCUT2D eigenvalue weighted by molar-refractivity contribution is -0.517. The Morgan fingerprint density at radius 3 is 2.09 bits per heavy atom. The van der Waals surface area contributed by atoms with E-state index >= 15 is 0 Å². The fraction of sp³-hybridized carbons (Fsp3) is 0.938. The zero-order valence-electron chi connectivity index (χ0n) is 14.2. The Morgan fingerprint density at radius 2 is 1.68 bits per heavy atom. The Labute approximate surface area is 134 Å². The molecule has 2 aliphatic heterocycles. The van der Waals surface area contributed by atoms with E-state index in [0.717, 1.165) is 43.3 Å². The van der Waals surface area contributed by atoms with Crippen molar-refractivity contribution in [3.8, 4) is 0 Å². The first kappa shape index (κ1) is 18.1. The largest absolute Gasteiger partial charge is 0.626 e. The fourth-order valence-electron chi connectivity index (χ4n) is 3.34. The predicted octanol–water partition coefficient (Wildman–Crippen LogP) is 3.61. The number of nitrogens with zero attached hydrogens (tertiary/aromatic N) is 1. The summed E-state index contributed by atoms with van der Waals surface area (Å²) in [6, 6.07) is 0. The van der Waals surface area contributed by atoms with Crippen LogP contribution in [0.1, 0.15) is 72.1 Å². The van der Waals surface area contributed by atoms with Gasteiger partial charge >= 0.3 is 13.2 Å². The monoisotopic (exact) mass is 331 g/mol. The molecule has 6 heteroatoms. The van der Waals surface area contributed by atoms with Gasteiger partial charge in [-0.05, 0) is 12.8 Å². The first-order chi connectivity index (χ1) is 10.4. The van der Waals surface area contributed by atoms with Gasteiger partial charge in [-0.1, -0.05) is 39.5 Å². The Bertz CT molecular complexity index is 397. The van der Waals surface area contributed by atoms with Gasteiger partial charge in [-0.25, -0.2) is 9.05 Å². The van der Waals surface area contributed by atoms with Gasteiger partial charge in [-0.3, -0.25) is 0 Å². The highest BCUT2D eigenvalue weighted by Gasteiger charge is 2.64. The van der Waals surface area contributed by atoms with Gasteiger partial charge < -0.3 is 10.1 Å². The van der Waals surface area contributed by atoms with E-state index in [9.17, 15) is 10.1 Å². The van der Waals surface area contributed by atoms with Crippen LogP contribution in [0.5, 0.6) is 0 Å². The second kappa shape index (κ2) is 7.12. The minimum Gasteiger partial charge on any atom is -0.626 e. The van der Waals surface area contributed by atoms with Crippen molar-refractivity contribution >= 4 is 14.2 Å². The molecule has 128 valence electrons. The first-order valence-electron chi connectivity index (χ1n) is 8.60. The molecule has 5 nitrogen and oxygen atoms in total. The van der Waals surface area contributed by atoms with Crippen molar-refractivity contribution in [3.63, 3.8) is 0 Å². The third kappa shape index (κ3) is 3.33. The summed E-state index contributed by atoms with van der Waals surface area (Å²) in [5, 5.41) is 11.0. The summed E-state index contributed by atoms with van der Waals surface area (Å²) in [6.45, 7) is 6.96. The van der Waals surface area contributed by atoms with Crippen LogP contribution in [-0.4, -0.2) is 29.4 Å². The van der Waals surface area contributed by atoms with E-state index < -0.39 is 13.2 Å². The SMILES string of the molecule is CCCCC1(CCCC)CO[P+]([O-])(C2(C)CCC=[N+]2[O-])OC1.